The number of hydrogen-bond donors (Lipinski definition) is 2. The molecule has 0 saturated heterocycles. The van der Waals surface area contributed by atoms with E-state index in [1.54, 1.807) is 30.3 Å². The van der Waals surface area contributed by atoms with E-state index in [2.05, 4.69) is 0 Å². The summed E-state index contributed by atoms with van der Waals surface area (Å²) in [6.07, 6.45) is 0. The Morgan fingerprint density at radius 2 is 1.89 bits per heavy atom. The lowest BCUT2D eigenvalue weighted by molar-refractivity contribution is 0.257. The number of rotatable bonds is 4. The highest BCUT2D eigenvalue weighted by molar-refractivity contribution is 5.40. The zero-order valence-electron chi connectivity index (χ0n) is 9.77. The maximum absolute atomic E-state index is 13.5. The smallest absolute Gasteiger partial charge is 0.131 e. The van der Waals surface area contributed by atoms with E-state index < -0.39 is 5.82 Å². The van der Waals surface area contributed by atoms with Crippen molar-refractivity contribution < 1.29 is 14.2 Å². The quantitative estimate of drug-likeness (QED) is 0.816. The highest BCUT2D eigenvalue weighted by atomic mass is 19.1. The first-order chi connectivity index (χ1) is 8.70. The molecule has 4 heteroatoms. The highest BCUT2D eigenvalue weighted by Crippen LogP contribution is 2.20. The number of benzene rings is 2. The Hall–Kier alpha value is -2.07. The van der Waals surface area contributed by atoms with Crippen molar-refractivity contribution >= 4 is 5.69 Å². The van der Waals surface area contributed by atoms with E-state index in [1.165, 1.54) is 6.07 Å². The van der Waals surface area contributed by atoms with Gasteiger partial charge < -0.3 is 15.6 Å². The average molecular weight is 247 g/mol. The summed E-state index contributed by atoms with van der Waals surface area (Å²) < 4.78 is 19.0. The Balaban J connectivity index is 2.11. The van der Waals surface area contributed by atoms with Crippen LogP contribution in [0.5, 0.6) is 5.75 Å². The van der Waals surface area contributed by atoms with Crippen molar-refractivity contribution in [3.05, 3.63) is 59.4 Å². The third-order valence-corrected chi connectivity index (χ3v) is 2.60. The summed E-state index contributed by atoms with van der Waals surface area (Å²) in [7, 11) is 0. The van der Waals surface area contributed by atoms with Crippen LogP contribution in [-0.4, -0.2) is 5.11 Å². The van der Waals surface area contributed by atoms with Gasteiger partial charge in [0.1, 0.15) is 18.2 Å². The first-order valence-electron chi connectivity index (χ1n) is 5.56. The maximum Gasteiger partial charge on any atom is 0.131 e. The van der Waals surface area contributed by atoms with Crippen molar-refractivity contribution in [1.82, 2.24) is 0 Å². The lowest BCUT2D eigenvalue weighted by Crippen LogP contribution is -2.01. The molecule has 0 atom stereocenters. The Morgan fingerprint density at radius 3 is 2.61 bits per heavy atom. The number of ether oxygens (including phenoxy) is 1. The van der Waals surface area contributed by atoms with Crippen molar-refractivity contribution in [3.63, 3.8) is 0 Å². The number of aliphatic hydroxyl groups is 1. The lowest BCUT2D eigenvalue weighted by Gasteiger charge is -2.10. The molecule has 18 heavy (non-hydrogen) atoms. The van der Waals surface area contributed by atoms with E-state index in [-0.39, 0.29) is 13.2 Å². The molecule has 0 radical (unpaired) electrons. The van der Waals surface area contributed by atoms with Crippen LogP contribution in [0.25, 0.3) is 0 Å². The lowest BCUT2D eigenvalue weighted by atomic mass is 10.2. The number of para-hydroxylation sites is 1. The van der Waals surface area contributed by atoms with E-state index >= 15 is 0 Å². The van der Waals surface area contributed by atoms with E-state index in [4.69, 9.17) is 15.6 Å². The van der Waals surface area contributed by atoms with Gasteiger partial charge in [-0.25, -0.2) is 4.39 Å². The van der Waals surface area contributed by atoms with Crippen LogP contribution in [0.3, 0.4) is 0 Å². The van der Waals surface area contributed by atoms with Crippen LogP contribution in [0.4, 0.5) is 10.1 Å². The van der Waals surface area contributed by atoms with Gasteiger partial charge in [0.05, 0.1) is 6.61 Å². The molecule has 3 nitrogen and oxygen atoms in total. The van der Waals surface area contributed by atoms with E-state index in [0.717, 1.165) is 0 Å². The largest absolute Gasteiger partial charge is 0.488 e. The number of hydrogen-bond acceptors (Lipinski definition) is 3. The van der Waals surface area contributed by atoms with Crippen LogP contribution >= 0.6 is 0 Å². The summed E-state index contributed by atoms with van der Waals surface area (Å²) in [5.41, 5.74) is 6.95. The molecule has 2 aromatic rings. The van der Waals surface area contributed by atoms with Crippen LogP contribution in [-0.2, 0) is 13.2 Å². The normalized spacial score (nSPS) is 10.3. The second-order valence-electron chi connectivity index (χ2n) is 3.91. The van der Waals surface area contributed by atoms with Crippen molar-refractivity contribution in [2.75, 3.05) is 5.73 Å². The SMILES string of the molecule is Nc1ccc(COc2ccccc2CO)c(F)c1. The Bertz CT molecular complexity index is 543. The fourth-order valence-electron chi connectivity index (χ4n) is 1.61. The molecule has 0 heterocycles. The van der Waals surface area contributed by atoms with Gasteiger partial charge in [0.2, 0.25) is 0 Å². The summed E-state index contributed by atoms with van der Waals surface area (Å²) in [6, 6.07) is 11.6. The topological polar surface area (TPSA) is 55.5 Å². The van der Waals surface area contributed by atoms with Crippen molar-refractivity contribution in [3.8, 4) is 5.75 Å². The Labute approximate surface area is 105 Å². The zero-order valence-corrected chi connectivity index (χ0v) is 9.77. The fourth-order valence-corrected chi connectivity index (χ4v) is 1.61. The van der Waals surface area contributed by atoms with Gasteiger partial charge in [0.25, 0.3) is 0 Å². The van der Waals surface area contributed by atoms with Gasteiger partial charge in [-0.05, 0) is 18.2 Å². The molecule has 94 valence electrons. The summed E-state index contributed by atoms with van der Waals surface area (Å²) in [5, 5.41) is 9.14. The third kappa shape index (κ3) is 2.78. The van der Waals surface area contributed by atoms with Crippen LogP contribution in [0, 0.1) is 5.82 Å². The summed E-state index contributed by atoms with van der Waals surface area (Å²) in [4.78, 5) is 0. The fraction of sp³-hybridized carbons (Fsp3) is 0.143. The van der Waals surface area contributed by atoms with E-state index in [0.29, 0.717) is 22.6 Å². The molecular formula is C14H14FNO2. The van der Waals surface area contributed by atoms with E-state index in [9.17, 15) is 4.39 Å². The molecule has 0 saturated carbocycles. The second-order valence-corrected chi connectivity index (χ2v) is 3.91. The van der Waals surface area contributed by atoms with Gasteiger partial charge in [-0.15, -0.1) is 0 Å². The zero-order chi connectivity index (χ0) is 13.0. The van der Waals surface area contributed by atoms with Crippen molar-refractivity contribution in [2.45, 2.75) is 13.2 Å². The molecular weight excluding hydrogens is 233 g/mol. The molecule has 0 aliphatic rings. The van der Waals surface area contributed by atoms with Gasteiger partial charge >= 0.3 is 0 Å². The third-order valence-electron chi connectivity index (χ3n) is 2.60. The maximum atomic E-state index is 13.5. The number of halogens is 1. The molecule has 0 aliphatic carbocycles. The van der Waals surface area contributed by atoms with Crippen molar-refractivity contribution in [2.24, 2.45) is 0 Å². The van der Waals surface area contributed by atoms with Gasteiger partial charge in [-0.1, -0.05) is 24.3 Å². The number of nitrogen functional groups attached to an aromatic ring is 1. The minimum absolute atomic E-state index is 0.100. The summed E-state index contributed by atoms with van der Waals surface area (Å²) in [5.74, 6) is 0.160. The van der Waals surface area contributed by atoms with Crippen LogP contribution in [0.2, 0.25) is 0 Å². The molecule has 0 aromatic heterocycles. The van der Waals surface area contributed by atoms with Crippen LogP contribution in [0.15, 0.2) is 42.5 Å². The monoisotopic (exact) mass is 247 g/mol. The number of anilines is 1. The van der Waals surface area contributed by atoms with Crippen LogP contribution in [0.1, 0.15) is 11.1 Å². The minimum atomic E-state index is -0.392. The number of nitrogens with two attached hydrogens (primary N) is 1. The second kappa shape index (κ2) is 5.51. The predicted molar refractivity (Wildman–Crippen MR) is 67.5 cm³/mol. The molecule has 3 N–H and O–H groups in total. The highest BCUT2D eigenvalue weighted by Gasteiger charge is 2.05. The molecule has 2 aromatic carbocycles. The number of aliphatic hydroxyl groups excluding tert-OH is 1. The molecule has 0 fully saturated rings. The molecule has 2 rings (SSSR count). The summed E-state index contributed by atoms with van der Waals surface area (Å²) >= 11 is 0. The Morgan fingerprint density at radius 1 is 1.11 bits per heavy atom. The van der Waals surface area contributed by atoms with Gasteiger partial charge in [-0.2, -0.15) is 0 Å². The van der Waals surface area contributed by atoms with Crippen LogP contribution < -0.4 is 10.5 Å². The average Bonchev–Trinajstić information content (AvgIpc) is 2.38. The molecule has 0 spiro atoms. The minimum Gasteiger partial charge on any atom is -0.488 e. The molecule has 0 aliphatic heterocycles. The molecule has 0 unspecified atom stereocenters. The summed E-state index contributed by atoms with van der Waals surface area (Å²) in [6.45, 7) is -0.0104. The standard InChI is InChI=1S/C14H14FNO2/c15-13-7-12(16)6-5-11(13)9-18-14-4-2-1-3-10(14)8-17/h1-7,17H,8-9,16H2. The van der Waals surface area contributed by atoms with Gasteiger partial charge in [0, 0.05) is 16.8 Å². The van der Waals surface area contributed by atoms with Gasteiger partial charge in [0.15, 0.2) is 0 Å². The first kappa shape index (κ1) is 12.4. The van der Waals surface area contributed by atoms with Gasteiger partial charge in [-0.3, -0.25) is 0 Å². The molecule has 0 amide bonds. The molecule has 0 bridgehead atoms. The predicted octanol–water partition coefficient (Wildman–Crippen LogP) is 2.48. The van der Waals surface area contributed by atoms with Crippen molar-refractivity contribution in [1.29, 1.82) is 0 Å². The Kier molecular flexibility index (Phi) is 3.79. The van der Waals surface area contributed by atoms with E-state index in [1.807, 2.05) is 6.07 Å². The first-order valence-corrected chi connectivity index (χ1v) is 5.56.